The summed E-state index contributed by atoms with van der Waals surface area (Å²) in [5.41, 5.74) is 5.07. The van der Waals surface area contributed by atoms with Crippen LogP contribution in [0.4, 0.5) is 0 Å². The Kier molecular flexibility index (Phi) is 5.64. The molecule has 0 saturated carbocycles. The smallest absolute Gasteiger partial charge is 0.161 e. The monoisotopic (exact) mass is 394 g/mol. The molecule has 1 aromatic heterocycles. The summed E-state index contributed by atoms with van der Waals surface area (Å²) in [6.45, 7) is 4.00. The SMILES string of the molecule is CCc1nc(CN2CCc3cc(OC)c(OC)cc3[C@H]2c2ccccc2)cs1. The van der Waals surface area contributed by atoms with Crippen molar-refractivity contribution in [3.8, 4) is 11.5 Å². The largest absolute Gasteiger partial charge is 0.493 e. The van der Waals surface area contributed by atoms with Crippen molar-refractivity contribution >= 4 is 11.3 Å². The Morgan fingerprint density at radius 3 is 2.54 bits per heavy atom. The number of nitrogens with zero attached hydrogens (tertiary/aromatic N) is 2. The first-order valence-electron chi connectivity index (χ1n) is 9.70. The molecule has 1 aliphatic rings. The molecule has 28 heavy (non-hydrogen) atoms. The molecule has 5 heteroatoms. The molecular weight excluding hydrogens is 368 g/mol. The maximum atomic E-state index is 5.60. The highest BCUT2D eigenvalue weighted by Crippen LogP contribution is 2.41. The standard InChI is InChI=1S/C23H26N2O2S/c1-4-22-24-18(15-28-22)14-25-11-10-17-12-20(26-2)21(27-3)13-19(17)23(25)16-8-6-5-7-9-16/h5-9,12-13,15,23H,4,10-11,14H2,1-3H3/t23-/m1/s1. The molecule has 146 valence electrons. The highest BCUT2D eigenvalue weighted by Gasteiger charge is 2.30. The summed E-state index contributed by atoms with van der Waals surface area (Å²) in [5, 5.41) is 3.40. The van der Waals surface area contributed by atoms with E-state index in [1.54, 1.807) is 25.6 Å². The zero-order chi connectivity index (χ0) is 19.5. The maximum Gasteiger partial charge on any atom is 0.161 e. The van der Waals surface area contributed by atoms with E-state index in [9.17, 15) is 0 Å². The quantitative estimate of drug-likeness (QED) is 0.597. The van der Waals surface area contributed by atoms with Crippen molar-refractivity contribution in [2.75, 3.05) is 20.8 Å². The molecule has 0 spiro atoms. The highest BCUT2D eigenvalue weighted by atomic mass is 32.1. The lowest BCUT2D eigenvalue weighted by Gasteiger charge is -2.37. The highest BCUT2D eigenvalue weighted by molar-refractivity contribution is 7.09. The molecule has 4 rings (SSSR count). The molecule has 2 heterocycles. The third-order valence-electron chi connectivity index (χ3n) is 5.36. The normalized spacial score (nSPS) is 16.6. The van der Waals surface area contributed by atoms with Crippen LogP contribution in [0.25, 0.3) is 0 Å². The van der Waals surface area contributed by atoms with Crippen LogP contribution in [0.3, 0.4) is 0 Å². The number of fused-ring (bicyclic) bond motifs is 1. The number of ether oxygens (including phenoxy) is 2. The van der Waals surface area contributed by atoms with Gasteiger partial charge in [-0.1, -0.05) is 37.3 Å². The van der Waals surface area contributed by atoms with E-state index in [4.69, 9.17) is 14.5 Å². The third-order valence-corrected chi connectivity index (χ3v) is 6.40. The third kappa shape index (κ3) is 3.64. The Balaban J connectivity index is 1.76. The van der Waals surface area contributed by atoms with E-state index < -0.39 is 0 Å². The van der Waals surface area contributed by atoms with E-state index in [0.717, 1.165) is 43.1 Å². The van der Waals surface area contributed by atoms with Crippen molar-refractivity contribution in [2.24, 2.45) is 0 Å². The minimum atomic E-state index is 0.177. The summed E-state index contributed by atoms with van der Waals surface area (Å²) in [7, 11) is 3.39. The molecule has 0 bridgehead atoms. The van der Waals surface area contributed by atoms with Gasteiger partial charge in [-0.2, -0.15) is 0 Å². The molecule has 0 amide bonds. The van der Waals surface area contributed by atoms with Crippen molar-refractivity contribution in [3.63, 3.8) is 0 Å². The first-order chi connectivity index (χ1) is 13.7. The lowest BCUT2D eigenvalue weighted by molar-refractivity contribution is 0.201. The molecule has 0 saturated heterocycles. The van der Waals surface area contributed by atoms with Gasteiger partial charge in [0.1, 0.15) is 0 Å². The predicted octanol–water partition coefficient (Wildman–Crippen LogP) is 4.87. The van der Waals surface area contributed by atoms with E-state index in [0.29, 0.717) is 0 Å². The van der Waals surface area contributed by atoms with Gasteiger partial charge in [-0.05, 0) is 41.7 Å². The number of aromatic nitrogens is 1. The Labute approximate surface area is 170 Å². The van der Waals surface area contributed by atoms with E-state index in [1.807, 2.05) is 0 Å². The minimum Gasteiger partial charge on any atom is -0.493 e. The minimum absolute atomic E-state index is 0.177. The van der Waals surface area contributed by atoms with E-state index in [-0.39, 0.29) is 6.04 Å². The van der Waals surface area contributed by atoms with Gasteiger partial charge in [0.25, 0.3) is 0 Å². The number of methoxy groups -OCH3 is 2. The lowest BCUT2D eigenvalue weighted by Crippen LogP contribution is -2.35. The fourth-order valence-corrected chi connectivity index (χ4v) is 4.72. The van der Waals surface area contributed by atoms with E-state index in [2.05, 4.69) is 59.7 Å². The zero-order valence-electron chi connectivity index (χ0n) is 16.6. The second-order valence-electron chi connectivity index (χ2n) is 7.03. The van der Waals surface area contributed by atoms with Crippen molar-refractivity contribution < 1.29 is 9.47 Å². The second-order valence-corrected chi connectivity index (χ2v) is 7.97. The van der Waals surface area contributed by atoms with E-state index in [1.165, 1.54) is 21.7 Å². The molecule has 0 aliphatic carbocycles. The fourth-order valence-electron chi connectivity index (χ4n) is 3.99. The van der Waals surface area contributed by atoms with Crippen molar-refractivity contribution in [2.45, 2.75) is 32.4 Å². The van der Waals surface area contributed by atoms with Crippen molar-refractivity contribution in [1.29, 1.82) is 0 Å². The Morgan fingerprint density at radius 1 is 1.11 bits per heavy atom. The molecular formula is C23H26N2O2S. The summed E-state index contributed by atoms with van der Waals surface area (Å²) in [6.07, 6.45) is 1.98. The van der Waals surface area contributed by atoms with Gasteiger partial charge in [0, 0.05) is 18.5 Å². The van der Waals surface area contributed by atoms with Gasteiger partial charge in [-0.3, -0.25) is 4.90 Å². The van der Waals surface area contributed by atoms with Crippen LogP contribution in [-0.4, -0.2) is 30.6 Å². The van der Waals surface area contributed by atoms with Gasteiger partial charge in [-0.25, -0.2) is 4.98 Å². The van der Waals surface area contributed by atoms with Crippen LogP contribution in [0.15, 0.2) is 47.8 Å². The van der Waals surface area contributed by atoms with Crippen LogP contribution in [-0.2, 0) is 19.4 Å². The van der Waals surface area contributed by atoms with Crippen LogP contribution in [0, 0.1) is 0 Å². The van der Waals surface area contributed by atoms with E-state index >= 15 is 0 Å². The van der Waals surface area contributed by atoms with Gasteiger partial charge in [0.2, 0.25) is 0 Å². The van der Waals surface area contributed by atoms with Crippen LogP contribution >= 0.6 is 11.3 Å². The topological polar surface area (TPSA) is 34.6 Å². The lowest BCUT2D eigenvalue weighted by atomic mass is 9.87. The van der Waals surface area contributed by atoms with Gasteiger partial charge < -0.3 is 9.47 Å². The summed E-state index contributed by atoms with van der Waals surface area (Å²) in [4.78, 5) is 7.33. The molecule has 1 aliphatic heterocycles. The van der Waals surface area contributed by atoms with Crippen LogP contribution in [0.5, 0.6) is 11.5 Å². The summed E-state index contributed by atoms with van der Waals surface area (Å²) in [6, 6.07) is 15.2. The van der Waals surface area contributed by atoms with Crippen molar-refractivity contribution in [1.82, 2.24) is 9.88 Å². The summed E-state index contributed by atoms with van der Waals surface area (Å²) >= 11 is 1.76. The molecule has 3 aromatic rings. The van der Waals surface area contributed by atoms with Crippen molar-refractivity contribution in [3.05, 3.63) is 75.2 Å². The zero-order valence-corrected chi connectivity index (χ0v) is 17.5. The molecule has 0 fully saturated rings. The molecule has 2 aromatic carbocycles. The first kappa shape index (κ1) is 19.0. The first-order valence-corrected chi connectivity index (χ1v) is 10.6. The Morgan fingerprint density at radius 2 is 1.86 bits per heavy atom. The summed E-state index contributed by atoms with van der Waals surface area (Å²) in [5.74, 6) is 1.58. The average molecular weight is 395 g/mol. The molecule has 0 unspecified atom stereocenters. The number of rotatable bonds is 6. The van der Waals surface area contributed by atoms with Gasteiger partial charge in [0.15, 0.2) is 11.5 Å². The number of hydrogen-bond acceptors (Lipinski definition) is 5. The maximum absolute atomic E-state index is 5.60. The Bertz CT molecular complexity index is 939. The number of thiazole rings is 1. The van der Waals surface area contributed by atoms with Crippen LogP contribution in [0.1, 0.15) is 40.4 Å². The molecule has 4 nitrogen and oxygen atoms in total. The number of hydrogen-bond donors (Lipinski definition) is 0. The number of aryl methyl sites for hydroxylation is 1. The Hall–Kier alpha value is -2.37. The second kappa shape index (κ2) is 8.33. The fraction of sp³-hybridized carbons (Fsp3) is 0.348. The summed E-state index contributed by atoms with van der Waals surface area (Å²) < 4.78 is 11.1. The molecule has 1 atom stereocenters. The molecule has 0 radical (unpaired) electrons. The van der Waals surface area contributed by atoms with Gasteiger partial charge in [-0.15, -0.1) is 11.3 Å². The van der Waals surface area contributed by atoms with Crippen LogP contribution in [0.2, 0.25) is 0 Å². The number of benzene rings is 2. The van der Waals surface area contributed by atoms with Crippen LogP contribution < -0.4 is 9.47 Å². The van der Waals surface area contributed by atoms with Gasteiger partial charge in [0.05, 0.1) is 31.0 Å². The van der Waals surface area contributed by atoms with Gasteiger partial charge >= 0.3 is 0 Å². The average Bonchev–Trinajstić information content (AvgIpc) is 3.20. The molecule has 0 N–H and O–H groups in total. The predicted molar refractivity (Wildman–Crippen MR) is 113 cm³/mol.